The molecule has 0 saturated heterocycles. The molecule has 1 rings (SSSR count). The zero-order chi connectivity index (χ0) is 17.4. The summed E-state index contributed by atoms with van der Waals surface area (Å²) in [6.07, 6.45) is 5.24. The van der Waals surface area contributed by atoms with Gasteiger partial charge in [-0.15, -0.1) is 0 Å². The lowest BCUT2D eigenvalue weighted by Crippen LogP contribution is -2.15. The van der Waals surface area contributed by atoms with Gasteiger partial charge in [0.05, 0.1) is 12.8 Å². The van der Waals surface area contributed by atoms with Crippen LogP contribution in [-0.2, 0) is 4.74 Å². The predicted molar refractivity (Wildman–Crippen MR) is 78.9 cm³/mol. The van der Waals surface area contributed by atoms with E-state index < -0.39 is 40.4 Å². The van der Waals surface area contributed by atoms with Gasteiger partial charge in [-0.2, -0.15) is 0 Å². The molecule has 0 heterocycles. The molecule has 1 aromatic rings. The largest absolute Gasteiger partial charge is 0.465 e. The van der Waals surface area contributed by atoms with Crippen molar-refractivity contribution in [3.63, 3.8) is 0 Å². The number of rotatable bonds is 7. The van der Waals surface area contributed by atoms with Crippen LogP contribution in [0.4, 0.5) is 24.5 Å². The number of azide groups is 1. The molecular weight excluding hydrogens is 313 g/mol. The highest BCUT2D eigenvalue weighted by molar-refractivity contribution is 5.97. The summed E-state index contributed by atoms with van der Waals surface area (Å²) in [4.78, 5) is 13.8. The molecule has 0 unspecified atom stereocenters. The van der Waals surface area contributed by atoms with E-state index in [-0.39, 0.29) is 6.54 Å². The zero-order valence-corrected chi connectivity index (χ0v) is 12.1. The maximum absolute atomic E-state index is 14.3. The van der Waals surface area contributed by atoms with E-state index in [1.54, 1.807) is 12.2 Å². The van der Waals surface area contributed by atoms with Gasteiger partial charge in [-0.1, -0.05) is 29.9 Å². The van der Waals surface area contributed by atoms with Crippen LogP contribution in [0.3, 0.4) is 0 Å². The van der Waals surface area contributed by atoms with Crippen LogP contribution < -0.4 is 5.32 Å². The monoisotopic (exact) mass is 326 g/mol. The van der Waals surface area contributed by atoms with Crippen LogP contribution in [0.1, 0.15) is 16.8 Å². The van der Waals surface area contributed by atoms with Crippen molar-refractivity contribution in [2.24, 2.45) is 5.11 Å². The third kappa shape index (κ3) is 4.04. The Balaban J connectivity index is 3.37. The Hall–Kier alpha value is -2.93. The van der Waals surface area contributed by atoms with Crippen LogP contribution in [0, 0.1) is 17.5 Å². The lowest BCUT2D eigenvalue weighted by Gasteiger charge is -2.14. The van der Waals surface area contributed by atoms with Crippen molar-refractivity contribution in [1.82, 2.24) is 0 Å². The van der Waals surface area contributed by atoms with E-state index in [0.29, 0.717) is 6.42 Å². The van der Waals surface area contributed by atoms with Gasteiger partial charge in [0.25, 0.3) is 0 Å². The summed E-state index contributed by atoms with van der Waals surface area (Å²) in [6.45, 7) is 3.57. The van der Waals surface area contributed by atoms with Gasteiger partial charge in [0.15, 0.2) is 17.5 Å². The van der Waals surface area contributed by atoms with E-state index in [1.165, 1.54) is 6.08 Å². The van der Waals surface area contributed by atoms with Crippen molar-refractivity contribution >= 4 is 17.3 Å². The molecule has 122 valence electrons. The predicted octanol–water partition coefficient (Wildman–Crippen LogP) is 4.38. The fraction of sp³-hybridized carbons (Fsp3) is 0.214. The minimum atomic E-state index is -1.77. The summed E-state index contributed by atoms with van der Waals surface area (Å²) in [5.41, 5.74) is 5.58. The number of hydrogen-bond acceptors (Lipinski definition) is 4. The van der Waals surface area contributed by atoms with E-state index >= 15 is 0 Å². The van der Waals surface area contributed by atoms with Gasteiger partial charge in [0.2, 0.25) is 0 Å². The zero-order valence-electron chi connectivity index (χ0n) is 12.1. The van der Waals surface area contributed by atoms with Crippen LogP contribution in [0.15, 0.2) is 29.9 Å². The number of esters is 1. The smallest absolute Gasteiger partial charge is 0.343 e. The molecule has 0 aliphatic carbocycles. The van der Waals surface area contributed by atoms with Gasteiger partial charge in [-0.3, -0.25) is 0 Å². The van der Waals surface area contributed by atoms with Crippen LogP contribution in [0.25, 0.3) is 10.4 Å². The van der Waals surface area contributed by atoms with Crippen molar-refractivity contribution in [3.05, 3.63) is 58.3 Å². The Bertz CT molecular complexity index is 698. The van der Waals surface area contributed by atoms with E-state index in [1.807, 2.05) is 0 Å². The molecule has 0 radical (unpaired) electrons. The highest BCUT2D eigenvalue weighted by atomic mass is 19.2. The number of allylic oxidation sites excluding steroid dienone is 2. The first kappa shape index (κ1) is 18.1. The molecule has 0 aliphatic heterocycles. The average Bonchev–Trinajstić information content (AvgIpc) is 2.55. The van der Waals surface area contributed by atoms with Crippen LogP contribution >= 0.6 is 0 Å². The quantitative estimate of drug-likeness (QED) is 0.153. The number of anilines is 1. The van der Waals surface area contributed by atoms with Crippen molar-refractivity contribution in [1.29, 1.82) is 0 Å². The van der Waals surface area contributed by atoms with Gasteiger partial charge in [0, 0.05) is 11.5 Å². The number of nitrogens with one attached hydrogen (secondary N) is 1. The van der Waals surface area contributed by atoms with Gasteiger partial charge in [-0.25, -0.2) is 18.0 Å². The number of carbonyl (C=O) groups excluding carboxylic acids is 1. The van der Waals surface area contributed by atoms with Crippen molar-refractivity contribution < 1.29 is 22.7 Å². The Kier molecular flexibility index (Phi) is 6.69. The van der Waals surface area contributed by atoms with E-state index in [0.717, 1.165) is 7.11 Å². The molecule has 0 aliphatic rings. The first-order valence-corrected chi connectivity index (χ1v) is 6.34. The molecule has 9 heteroatoms. The lowest BCUT2D eigenvalue weighted by atomic mass is 10.1. The topological polar surface area (TPSA) is 87.1 Å². The third-order valence-electron chi connectivity index (χ3n) is 2.72. The molecule has 0 fully saturated rings. The van der Waals surface area contributed by atoms with Crippen LogP contribution in [0.2, 0.25) is 0 Å². The fourth-order valence-corrected chi connectivity index (χ4v) is 1.71. The summed E-state index contributed by atoms with van der Waals surface area (Å²) in [5, 5.41) is 5.25. The fourth-order valence-electron chi connectivity index (χ4n) is 1.71. The van der Waals surface area contributed by atoms with Gasteiger partial charge < -0.3 is 10.1 Å². The number of carbonyl (C=O) groups is 1. The molecule has 0 atom stereocenters. The molecule has 1 aromatic carbocycles. The molecule has 1 N–H and O–H groups in total. The summed E-state index contributed by atoms with van der Waals surface area (Å²) < 4.78 is 46.3. The minimum absolute atomic E-state index is 0.103. The molecule has 0 spiro atoms. The Morgan fingerprint density at radius 3 is 2.65 bits per heavy atom. The summed E-state index contributed by atoms with van der Waals surface area (Å²) in [5.74, 6) is -6.07. The third-order valence-corrected chi connectivity index (χ3v) is 2.72. The lowest BCUT2D eigenvalue weighted by molar-refractivity contribution is 0.0595. The van der Waals surface area contributed by atoms with Crippen molar-refractivity contribution in [2.45, 2.75) is 6.42 Å². The van der Waals surface area contributed by atoms with Crippen LogP contribution in [0.5, 0.6) is 0 Å². The first-order valence-electron chi connectivity index (χ1n) is 6.34. The standard InChI is InChI=1S/C14H13F3N4O2/c1-3-4-5-6-7-19-12-8(14(22)23-2)9(15)10(16)13(11(12)17)20-21-18/h3-5,19H,1,6-7H2,2H3/b5-4+. The number of benzene rings is 1. The molecule has 23 heavy (non-hydrogen) atoms. The molecule has 0 aromatic heterocycles. The van der Waals surface area contributed by atoms with Gasteiger partial charge in [0.1, 0.15) is 11.3 Å². The Morgan fingerprint density at radius 2 is 2.09 bits per heavy atom. The molecule has 6 nitrogen and oxygen atoms in total. The second kappa shape index (κ2) is 8.50. The molecule has 0 bridgehead atoms. The number of hydrogen-bond donors (Lipinski definition) is 1. The van der Waals surface area contributed by atoms with Crippen molar-refractivity contribution in [3.8, 4) is 0 Å². The van der Waals surface area contributed by atoms with Crippen LogP contribution in [-0.4, -0.2) is 19.6 Å². The SMILES string of the molecule is C=C/C=C/CCNc1c(F)c(N=[N+]=[N-])c(F)c(F)c1C(=O)OC. The summed E-state index contributed by atoms with van der Waals surface area (Å²) in [7, 11) is 0.940. The van der Waals surface area contributed by atoms with E-state index in [2.05, 4.69) is 26.7 Å². The highest BCUT2D eigenvalue weighted by Gasteiger charge is 2.28. The Morgan fingerprint density at radius 1 is 1.39 bits per heavy atom. The van der Waals surface area contributed by atoms with Gasteiger partial charge >= 0.3 is 5.97 Å². The second-order valence-corrected chi connectivity index (χ2v) is 4.10. The molecular formula is C14H13F3N4O2. The maximum atomic E-state index is 14.3. The normalized spacial score (nSPS) is 10.3. The number of nitrogens with zero attached hydrogens (tertiary/aromatic N) is 3. The average molecular weight is 326 g/mol. The maximum Gasteiger partial charge on any atom is 0.343 e. The second-order valence-electron chi connectivity index (χ2n) is 4.10. The molecule has 0 amide bonds. The number of ether oxygens (including phenoxy) is 1. The van der Waals surface area contributed by atoms with E-state index in [9.17, 15) is 18.0 Å². The highest BCUT2D eigenvalue weighted by Crippen LogP contribution is 2.35. The first-order chi connectivity index (χ1) is 11.0. The Labute approximate surface area is 129 Å². The van der Waals surface area contributed by atoms with E-state index in [4.69, 9.17) is 5.53 Å². The molecule has 0 saturated carbocycles. The summed E-state index contributed by atoms with van der Waals surface area (Å²) >= 11 is 0. The minimum Gasteiger partial charge on any atom is -0.465 e. The number of halogens is 3. The van der Waals surface area contributed by atoms with Crippen molar-refractivity contribution in [2.75, 3.05) is 19.0 Å². The number of methoxy groups -OCH3 is 1. The summed E-state index contributed by atoms with van der Waals surface area (Å²) in [6, 6.07) is 0. The van der Waals surface area contributed by atoms with Gasteiger partial charge in [-0.05, 0) is 12.0 Å².